The number of benzene rings is 1. The second-order valence-corrected chi connectivity index (χ2v) is 4.98. The lowest BCUT2D eigenvalue weighted by molar-refractivity contribution is 0.312. The summed E-state index contributed by atoms with van der Waals surface area (Å²) < 4.78 is 6.23. The van der Waals surface area contributed by atoms with Crippen LogP contribution in [0.2, 0.25) is 5.28 Å². The summed E-state index contributed by atoms with van der Waals surface area (Å²) in [7, 11) is 0. The summed E-state index contributed by atoms with van der Waals surface area (Å²) in [6.45, 7) is 4.31. The van der Waals surface area contributed by atoms with E-state index in [1.54, 1.807) is 0 Å². The quantitative estimate of drug-likeness (QED) is 0.916. The monoisotopic (exact) mass is 342 g/mol. The first kappa shape index (κ1) is 14.0. The van der Waals surface area contributed by atoms with E-state index >= 15 is 0 Å². The van der Waals surface area contributed by atoms with Gasteiger partial charge in [0.1, 0.15) is 0 Å². The van der Waals surface area contributed by atoms with Crippen LogP contribution in [-0.4, -0.2) is 21.6 Å². The van der Waals surface area contributed by atoms with Gasteiger partial charge >= 0.3 is 6.01 Å². The Morgan fingerprint density at radius 3 is 2.79 bits per heavy atom. The summed E-state index contributed by atoms with van der Waals surface area (Å²) in [6, 6.07) is 6.06. The van der Waals surface area contributed by atoms with E-state index < -0.39 is 0 Å². The van der Waals surface area contributed by atoms with Crippen molar-refractivity contribution in [1.29, 1.82) is 0 Å². The fourth-order valence-electron chi connectivity index (χ4n) is 1.47. The van der Waals surface area contributed by atoms with Crippen LogP contribution in [0.3, 0.4) is 0 Å². The summed E-state index contributed by atoms with van der Waals surface area (Å²) >= 11 is 9.24. The second-order valence-electron chi connectivity index (χ2n) is 3.73. The molecule has 0 saturated heterocycles. The van der Waals surface area contributed by atoms with Crippen molar-refractivity contribution in [2.45, 2.75) is 13.8 Å². The number of ether oxygens (including phenoxy) is 1. The van der Waals surface area contributed by atoms with Crippen molar-refractivity contribution in [3.63, 3.8) is 0 Å². The van der Waals surface area contributed by atoms with Crippen molar-refractivity contribution in [1.82, 2.24) is 15.0 Å². The van der Waals surface area contributed by atoms with Crippen molar-refractivity contribution in [2.24, 2.45) is 0 Å². The Kier molecular flexibility index (Phi) is 4.55. The molecule has 0 atom stereocenters. The first-order valence-corrected chi connectivity index (χ1v) is 6.83. The van der Waals surface area contributed by atoms with Gasteiger partial charge in [0.15, 0.2) is 0 Å². The zero-order valence-electron chi connectivity index (χ0n) is 10.4. The Morgan fingerprint density at radius 2 is 2.11 bits per heavy atom. The van der Waals surface area contributed by atoms with Gasteiger partial charge < -0.3 is 10.1 Å². The number of hydrogen-bond acceptors (Lipinski definition) is 5. The van der Waals surface area contributed by atoms with Crippen molar-refractivity contribution < 1.29 is 4.74 Å². The van der Waals surface area contributed by atoms with Crippen LogP contribution in [0.4, 0.5) is 11.6 Å². The molecule has 100 valence electrons. The molecule has 0 radical (unpaired) electrons. The Balaban J connectivity index is 2.27. The number of nitrogens with one attached hydrogen (secondary N) is 1. The van der Waals surface area contributed by atoms with Gasteiger partial charge in [0.25, 0.3) is 0 Å². The Hall–Kier alpha value is -1.40. The molecule has 7 heteroatoms. The Bertz CT molecular complexity index is 594. The number of rotatable bonds is 4. The minimum absolute atomic E-state index is 0.0933. The molecule has 2 rings (SSSR count). The van der Waals surface area contributed by atoms with Gasteiger partial charge in [-0.2, -0.15) is 15.0 Å². The normalized spacial score (nSPS) is 10.3. The topological polar surface area (TPSA) is 59.9 Å². The first-order valence-electron chi connectivity index (χ1n) is 5.66. The third kappa shape index (κ3) is 3.78. The number of aryl methyl sites for hydroxylation is 1. The first-order chi connectivity index (χ1) is 9.08. The molecule has 0 amide bonds. The second kappa shape index (κ2) is 6.16. The number of halogens is 2. The van der Waals surface area contributed by atoms with Crippen LogP contribution in [0.25, 0.3) is 0 Å². The van der Waals surface area contributed by atoms with Crippen LogP contribution < -0.4 is 10.1 Å². The van der Waals surface area contributed by atoms with E-state index in [2.05, 4.69) is 36.2 Å². The zero-order valence-corrected chi connectivity index (χ0v) is 12.8. The molecule has 0 saturated carbocycles. The highest BCUT2D eigenvalue weighted by Gasteiger charge is 2.07. The molecule has 0 aliphatic carbocycles. The van der Waals surface area contributed by atoms with E-state index in [1.807, 2.05) is 32.0 Å². The summed E-state index contributed by atoms with van der Waals surface area (Å²) in [4.78, 5) is 12.0. The van der Waals surface area contributed by atoms with Crippen LogP contribution in [0.1, 0.15) is 12.5 Å². The lowest BCUT2D eigenvalue weighted by atomic mass is 10.2. The SMILES string of the molecule is CCOc1nc(Cl)nc(Nc2ccc(Br)cc2C)n1. The van der Waals surface area contributed by atoms with E-state index in [0.29, 0.717) is 12.6 Å². The molecule has 0 bridgehead atoms. The molecule has 19 heavy (non-hydrogen) atoms. The predicted octanol–water partition coefficient (Wildman–Crippen LogP) is 3.74. The smallest absolute Gasteiger partial charge is 0.322 e. The van der Waals surface area contributed by atoms with Gasteiger partial charge in [-0.1, -0.05) is 15.9 Å². The summed E-state index contributed by atoms with van der Waals surface area (Å²) in [5.41, 5.74) is 1.96. The lowest BCUT2D eigenvalue weighted by Crippen LogP contribution is -2.04. The Morgan fingerprint density at radius 1 is 1.32 bits per heavy atom. The maximum absolute atomic E-state index is 5.83. The molecule has 5 nitrogen and oxygen atoms in total. The minimum atomic E-state index is 0.0933. The molecular formula is C12H12BrClN4O. The summed E-state index contributed by atoms with van der Waals surface area (Å²) in [6.07, 6.45) is 0. The third-order valence-corrected chi connectivity index (χ3v) is 2.96. The number of nitrogens with zero attached hydrogens (tertiary/aromatic N) is 3. The molecule has 0 aliphatic rings. The van der Waals surface area contributed by atoms with E-state index in [9.17, 15) is 0 Å². The standard InChI is InChI=1S/C12H12BrClN4O/c1-3-19-12-17-10(14)16-11(18-12)15-9-5-4-8(13)6-7(9)2/h4-6H,3H2,1-2H3,(H,15,16,17,18). The summed E-state index contributed by atoms with van der Waals surface area (Å²) in [5, 5.41) is 3.18. The molecule has 1 aromatic heterocycles. The van der Waals surface area contributed by atoms with Crippen LogP contribution in [-0.2, 0) is 0 Å². The molecule has 1 heterocycles. The summed E-state index contributed by atoms with van der Waals surface area (Å²) in [5.74, 6) is 0.355. The van der Waals surface area contributed by atoms with Gasteiger partial charge in [-0.15, -0.1) is 0 Å². The van der Waals surface area contributed by atoms with Crippen LogP contribution in [0.15, 0.2) is 22.7 Å². The number of hydrogen-bond donors (Lipinski definition) is 1. The van der Waals surface area contributed by atoms with Crippen LogP contribution in [0.5, 0.6) is 6.01 Å². The van der Waals surface area contributed by atoms with E-state index in [-0.39, 0.29) is 11.3 Å². The van der Waals surface area contributed by atoms with Crippen LogP contribution >= 0.6 is 27.5 Å². The third-order valence-electron chi connectivity index (χ3n) is 2.30. The Labute approximate surface area is 124 Å². The van der Waals surface area contributed by atoms with Gasteiger partial charge in [0.2, 0.25) is 11.2 Å². The molecular weight excluding hydrogens is 332 g/mol. The minimum Gasteiger partial charge on any atom is -0.464 e. The predicted molar refractivity (Wildman–Crippen MR) is 78.2 cm³/mol. The van der Waals surface area contributed by atoms with Crippen molar-refractivity contribution in [2.75, 3.05) is 11.9 Å². The average Bonchev–Trinajstić information content (AvgIpc) is 2.32. The molecule has 0 fully saturated rings. The molecule has 2 aromatic rings. The fourth-order valence-corrected chi connectivity index (χ4v) is 2.10. The number of anilines is 2. The van der Waals surface area contributed by atoms with Crippen molar-refractivity contribution in [3.05, 3.63) is 33.5 Å². The van der Waals surface area contributed by atoms with Crippen molar-refractivity contribution in [3.8, 4) is 6.01 Å². The van der Waals surface area contributed by atoms with Gasteiger partial charge in [-0.3, -0.25) is 0 Å². The molecule has 0 unspecified atom stereocenters. The maximum Gasteiger partial charge on any atom is 0.322 e. The lowest BCUT2D eigenvalue weighted by Gasteiger charge is -2.09. The van der Waals surface area contributed by atoms with Gasteiger partial charge in [0, 0.05) is 10.2 Å². The number of aromatic nitrogens is 3. The van der Waals surface area contributed by atoms with Crippen molar-refractivity contribution >= 4 is 39.2 Å². The van der Waals surface area contributed by atoms with E-state index in [1.165, 1.54) is 0 Å². The molecule has 1 N–H and O–H groups in total. The average molecular weight is 344 g/mol. The largest absolute Gasteiger partial charge is 0.464 e. The van der Waals surface area contributed by atoms with E-state index in [0.717, 1.165) is 15.7 Å². The molecule has 0 spiro atoms. The maximum atomic E-state index is 5.83. The zero-order chi connectivity index (χ0) is 13.8. The fraction of sp³-hybridized carbons (Fsp3) is 0.250. The van der Waals surface area contributed by atoms with Gasteiger partial charge in [-0.05, 0) is 49.2 Å². The highest BCUT2D eigenvalue weighted by atomic mass is 79.9. The highest BCUT2D eigenvalue weighted by molar-refractivity contribution is 9.10. The van der Waals surface area contributed by atoms with Gasteiger partial charge in [-0.25, -0.2) is 0 Å². The van der Waals surface area contributed by atoms with E-state index in [4.69, 9.17) is 16.3 Å². The molecule has 1 aromatic carbocycles. The molecule has 0 aliphatic heterocycles. The van der Waals surface area contributed by atoms with Crippen LogP contribution in [0, 0.1) is 6.92 Å². The van der Waals surface area contributed by atoms with Gasteiger partial charge in [0.05, 0.1) is 6.61 Å². The highest BCUT2D eigenvalue weighted by Crippen LogP contribution is 2.23.